The molecule has 23 heavy (non-hydrogen) atoms. The van der Waals surface area contributed by atoms with Gasteiger partial charge < -0.3 is 14.8 Å². The number of nitrogens with one attached hydrogen (secondary N) is 1. The molecule has 1 aromatic rings. The third-order valence-corrected chi connectivity index (χ3v) is 4.43. The number of hydrogen-bond acceptors (Lipinski definition) is 4. The van der Waals surface area contributed by atoms with Crippen LogP contribution in [0.25, 0.3) is 0 Å². The van der Waals surface area contributed by atoms with E-state index in [1.54, 1.807) is 0 Å². The lowest BCUT2D eigenvalue weighted by molar-refractivity contribution is -0.124. The summed E-state index contributed by atoms with van der Waals surface area (Å²) in [5.41, 5.74) is 0.899. The fourth-order valence-electron chi connectivity index (χ4n) is 3.39. The molecule has 0 aliphatic carbocycles. The molecule has 1 fully saturated rings. The maximum Gasteiger partial charge on any atom is 0.234 e. The molecule has 0 unspecified atom stereocenters. The van der Waals surface area contributed by atoms with E-state index in [9.17, 15) is 4.79 Å². The molecule has 5 heteroatoms. The van der Waals surface area contributed by atoms with Gasteiger partial charge in [0.25, 0.3) is 0 Å². The SMILES string of the molecule is CC(C)NC(=O)CN1Cc2ccccc2OC2(CCOCC2)C1. The topological polar surface area (TPSA) is 50.8 Å². The van der Waals surface area contributed by atoms with E-state index in [4.69, 9.17) is 9.47 Å². The van der Waals surface area contributed by atoms with Crippen LogP contribution in [0.4, 0.5) is 0 Å². The predicted molar refractivity (Wildman–Crippen MR) is 88.4 cm³/mol. The lowest BCUT2D eigenvalue weighted by Gasteiger charge is -2.38. The summed E-state index contributed by atoms with van der Waals surface area (Å²) in [4.78, 5) is 14.4. The number of amides is 1. The van der Waals surface area contributed by atoms with Crippen molar-refractivity contribution in [3.63, 3.8) is 0 Å². The number of carbonyl (C=O) groups is 1. The Morgan fingerprint density at radius 1 is 1.30 bits per heavy atom. The molecule has 0 radical (unpaired) electrons. The highest BCUT2D eigenvalue weighted by Gasteiger charge is 2.39. The Morgan fingerprint density at radius 3 is 2.78 bits per heavy atom. The monoisotopic (exact) mass is 318 g/mol. The first-order chi connectivity index (χ1) is 11.1. The van der Waals surface area contributed by atoms with Crippen LogP contribution in [0.15, 0.2) is 24.3 Å². The van der Waals surface area contributed by atoms with Crippen molar-refractivity contribution in [3.05, 3.63) is 29.8 Å². The van der Waals surface area contributed by atoms with Crippen LogP contribution in [0.2, 0.25) is 0 Å². The van der Waals surface area contributed by atoms with Gasteiger partial charge in [0.15, 0.2) is 0 Å². The third kappa shape index (κ3) is 4.03. The van der Waals surface area contributed by atoms with Crippen LogP contribution in [0, 0.1) is 0 Å². The van der Waals surface area contributed by atoms with Crippen LogP contribution in [0.3, 0.4) is 0 Å². The highest BCUT2D eigenvalue weighted by molar-refractivity contribution is 5.78. The van der Waals surface area contributed by atoms with Gasteiger partial charge in [-0.25, -0.2) is 0 Å². The van der Waals surface area contributed by atoms with Crippen LogP contribution < -0.4 is 10.1 Å². The van der Waals surface area contributed by atoms with Gasteiger partial charge in [0.1, 0.15) is 11.4 Å². The average molecular weight is 318 g/mol. The first-order valence-electron chi connectivity index (χ1n) is 8.43. The molecule has 0 saturated carbocycles. The number of rotatable bonds is 3. The summed E-state index contributed by atoms with van der Waals surface area (Å²) in [5, 5.41) is 2.98. The molecule has 1 spiro atoms. The van der Waals surface area contributed by atoms with Crippen LogP contribution in [-0.2, 0) is 16.1 Å². The van der Waals surface area contributed by atoms with Crippen molar-refractivity contribution in [2.24, 2.45) is 0 Å². The maximum atomic E-state index is 12.2. The van der Waals surface area contributed by atoms with E-state index < -0.39 is 0 Å². The largest absolute Gasteiger partial charge is 0.485 e. The molecule has 1 aromatic carbocycles. The second kappa shape index (κ2) is 6.89. The van der Waals surface area contributed by atoms with Crippen molar-refractivity contribution in [1.29, 1.82) is 0 Å². The van der Waals surface area contributed by atoms with E-state index in [0.29, 0.717) is 19.8 Å². The number of para-hydroxylation sites is 1. The van der Waals surface area contributed by atoms with E-state index >= 15 is 0 Å². The zero-order valence-electron chi connectivity index (χ0n) is 14.0. The van der Waals surface area contributed by atoms with Gasteiger partial charge in [-0.15, -0.1) is 0 Å². The molecular formula is C18H26N2O3. The minimum atomic E-state index is -0.247. The molecule has 0 bridgehead atoms. The van der Waals surface area contributed by atoms with E-state index in [0.717, 1.165) is 37.2 Å². The molecule has 2 aliphatic heterocycles. The maximum absolute atomic E-state index is 12.2. The smallest absolute Gasteiger partial charge is 0.234 e. The van der Waals surface area contributed by atoms with Crippen LogP contribution in [0.1, 0.15) is 32.3 Å². The summed E-state index contributed by atoms with van der Waals surface area (Å²) in [5.74, 6) is 1.02. The molecule has 1 saturated heterocycles. The Bertz CT molecular complexity index is 553. The standard InChI is InChI=1S/C18H26N2O3/c1-14(2)19-17(21)12-20-11-15-5-3-4-6-16(15)23-18(13-20)7-9-22-10-8-18/h3-6,14H,7-13H2,1-2H3,(H,19,21). The second-order valence-corrected chi connectivity index (χ2v) is 6.87. The summed E-state index contributed by atoms with van der Waals surface area (Å²) < 4.78 is 11.9. The average Bonchev–Trinajstić information content (AvgIpc) is 2.62. The van der Waals surface area contributed by atoms with Gasteiger partial charge in [0.2, 0.25) is 5.91 Å². The van der Waals surface area contributed by atoms with E-state index in [1.807, 2.05) is 32.0 Å². The number of nitrogens with zero attached hydrogens (tertiary/aromatic N) is 1. The number of benzene rings is 1. The van der Waals surface area contributed by atoms with Gasteiger partial charge >= 0.3 is 0 Å². The predicted octanol–water partition coefficient (Wildman–Crippen LogP) is 1.95. The molecule has 126 valence electrons. The minimum Gasteiger partial charge on any atom is -0.485 e. The Balaban J connectivity index is 1.81. The Labute approximate surface area is 137 Å². The molecule has 0 aromatic heterocycles. The van der Waals surface area contributed by atoms with E-state index in [-0.39, 0.29) is 17.6 Å². The summed E-state index contributed by atoms with van der Waals surface area (Å²) in [7, 11) is 0. The Morgan fingerprint density at radius 2 is 2.04 bits per heavy atom. The Hall–Kier alpha value is -1.59. The molecular weight excluding hydrogens is 292 g/mol. The molecule has 0 atom stereocenters. The van der Waals surface area contributed by atoms with Crippen molar-refractivity contribution < 1.29 is 14.3 Å². The van der Waals surface area contributed by atoms with Gasteiger partial charge in [-0.1, -0.05) is 18.2 Å². The molecule has 1 amide bonds. The molecule has 2 heterocycles. The molecule has 3 rings (SSSR count). The second-order valence-electron chi connectivity index (χ2n) is 6.87. The van der Waals surface area contributed by atoms with Gasteiger partial charge in [0, 0.05) is 37.5 Å². The van der Waals surface area contributed by atoms with Crippen molar-refractivity contribution in [3.8, 4) is 5.75 Å². The van der Waals surface area contributed by atoms with Gasteiger partial charge in [-0.2, -0.15) is 0 Å². The molecule has 1 N–H and O–H groups in total. The fourth-order valence-corrected chi connectivity index (χ4v) is 3.39. The van der Waals surface area contributed by atoms with E-state index in [1.165, 1.54) is 0 Å². The van der Waals surface area contributed by atoms with Crippen LogP contribution in [0.5, 0.6) is 5.75 Å². The first-order valence-corrected chi connectivity index (χ1v) is 8.43. The fraction of sp³-hybridized carbons (Fsp3) is 0.611. The van der Waals surface area contributed by atoms with Crippen molar-refractivity contribution in [2.45, 2.75) is 44.9 Å². The minimum absolute atomic E-state index is 0.0709. The van der Waals surface area contributed by atoms with Crippen molar-refractivity contribution in [1.82, 2.24) is 10.2 Å². The summed E-state index contributed by atoms with van der Waals surface area (Å²) in [6.45, 7) is 7.30. The van der Waals surface area contributed by atoms with Gasteiger partial charge in [-0.05, 0) is 19.9 Å². The summed E-state index contributed by atoms with van der Waals surface area (Å²) in [6.07, 6.45) is 1.73. The zero-order valence-corrected chi connectivity index (χ0v) is 14.0. The number of ether oxygens (including phenoxy) is 2. The Kier molecular flexibility index (Phi) is 4.87. The number of fused-ring (bicyclic) bond motifs is 1. The van der Waals surface area contributed by atoms with Crippen molar-refractivity contribution in [2.75, 3.05) is 26.3 Å². The van der Waals surface area contributed by atoms with Gasteiger partial charge in [-0.3, -0.25) is 9.69 Å². The summed E-state index contributed by atoms with van der Waals surface area (Å²) in [6, 6.07) is 8.31. The lowest BCUT2D eigenvalue weighted by atomic mass is 9.93. The first kappa shape index (κ1) is 16.3. The van der Waals surface area contributed by atoms with Crippen molar-refractivity contribution >= 4 is 5.91 Å². The lowest BCUT2D eigenvalue weighted by Crippen LogP contribution is -2.51. The third-order valence-electron chi connectivity index (χ3n) is 4.43. The number of carbonyl (C=O) groups excluding carboxylic acids is 1. The zero-order chi connectivity index (χ0) is 16.3. The van der Waals surface area contributed by atoms with Gasteiger partial charge in [0.05, 0.1) is 19.8 Å². The number of hydrogen-bond donors (Lipinski definition) is 1. The highest BCUT2D eigenvalue weighted by atomic mass is 16.5. The van der Waals surface area contributed by atoms with E-state index in [2.05, 4.69) is 16.3 Å². The normalized spacial score (nSPS) is 20.7. The summed E-state index contributed by atoms with van der Waals surface area (Å²) >= 11 is 0. The molecule has 2 aliphatic rings. The van der Waals surface area contributed by atoms with Crippen LogP contribution in [-0.4, -0.2) is 48.8 Å². The molecule has 5 nitrogen and oxygen atoms in total. The quantitative estimate of drug-likeness (QED) is 0.925. The highest BCUT2D eigenvalue weighted by Crippen LogP contribution is 2.34. The van der Waals surface area contributed by atoms with Crippen LogP contribution >= 0.6 is 0 Å².